The lowest BCUT2D eigenvalue weighted by atomic mass is 9.94. The number of fused-ring (bicyclic) bond motifs is 1. The lowest BCUT2D eigenvalue weighted by Gasteiger charge is -2.27. The van der Waals surface area contributed by atoms with Crippen molar-refractivity contribution >= 4 is 11.9 Å². The molecule has 0 saturated carbocycles. The number of nitrogens with zero attached hydrogens (tertiary/aromatic N) is 2. The summed E-state index contributed by atoms with van der Waals surface area (Å²) in [5.41, 5.74) is -0.288. The van der Waals surface area contributed by atoms with Gasteiger partial charge in [0, 0.05) is 19.6 Å². The third-order valence-electron chi connectivity index (χ3n) is 4.17. The Hall–Kier alpha value is -1.89. The van der Waals surface area contributed by atoms with E-state index in [4.69, 9.17) is 9.84 Å². The van der Waals surface area contributed by atoms with Crippen molar-refractivity contribution in [3.63, 3.8) is 0 Å². The Labute approximate surface area is 122 Å². The van der Waals surface area contributed by atoms with Crippen molar-refractivity contribution in [3.8, 4) is 0 Å². The molecule has 0 bridgehead atoms. The number of hydrogen-bond acceptors (Lipinski definition) is 4. The fourth-order valence-corrected chi connectivity index (χ4v) is 3.08. The van der Waals surface area contributed by atoms with Crippen LogP contribution in [0.15, 0.2) is 6.20 Å². The predicted molar refractivity (Wildman–Crippen MR) is 73.1 cm³/mol. The SMILES string of the molecule is O=C(O)CC1(NC(=O)c2cnc3n2CCCC3)CCOC1. The quantitative estimate of drug-likeness (QED) is 0.847. The summed E-state index contributed by atoms with van der Waals surface area (Å²) in [4.78, 5) is 27.8. The van der Waals surface area contributed by atoms with Crippen molar-refractivity contribution in [1.82, 2.24) is 14.9 Å². The summed E-state index contributed by atoms with van der Waals surface area (Å²) in [5.74, 6) is -0.264. The van der Waals surface area contributed by atoms with Crippen molar-refractivity contribution in [2.24, 2.45) is 0 Å². The first-order valence-corrected chi connectivity index (χ1v) is 7.26. The van der Waals surface area contributed by atoms with Gasteiger partial charge in [-0.15, -0.1) is 0 Å². The second kappa shape index (κ2) is 5.48. The maximum absolute atomic E-state index is 12.5. The van der Waals surface area contributed by atoms with Gasteiger partial charge < -0.3 is 19.7 Å². The zero-order valence-electron chi connectivity index (χ0n) is 11.8. The highest BCUT2D eigenvalue weighted by Gasteiger charge is 2.39. The highest BCUT2D eigenvalue weighted by atomic mass is 16.5. The average Bonchev–Trinajstić information content (AvgIpc) is 3.04. The van der Waals surface area contributed by atoms with Crippen LogP contribution in [0.5, 0.6) is 0 Å². The van der Waals surface area contributed by atoms with Crippen LogP contribution >= 0.6 is 0 Å². The first kappa shape index (κ1) is 14.1. The maximum Gasteiger partial charge on any atom is 0.305 e. The minimum absolute atomic E-state index is 0.125. The van der Waals surface area contributed by atoms with E-state index >= 15 is 0 Å². The molecule has 0 radical (unpaired) electrons. The van der Waals surface area contributed by atoms with Crippen LogP contribution in [0.1, 0.15) is 42.0 Å². The van der Waals surface area contributed by atoms with Crippen LogP contribution in [0.2, 0.25) is 0 Å². The number of carbonyl (C=O) groups is 2. The summed E-state index contributed by atoms with van der Waals surface area (Å²) in [7, 11) is 0. The molecule has 1 saturated heterocycles. The lowest BCUT2D eigenvalue weighted by molar-refractivity contribution is -0.138. The van der Waals surface area contributed by atoms with E-state index < -0.39 is 11.5 Å². The predicted octanol–water partition coefficient (Wildman–Crippen LogP) is 0.583. The van der Waals surface area contributed by atoms with E-state index in [0.717, 1.165) is 31.6 Å². The zero-order valence-corrected chi connectivity index (χ0v) is 11.8. The Morgan fingerprint density at radius 3 is 3.05 bits per heavy atom. The van der Waals surface area contributed by atoms with Gasteiger partial charge in [0.15, 0.2) is 0 Å². The number of aryl methyl sites for hydroxylation is 1. The molecule has 3 heterocycles. The smallest absolute Gasteiger partial charge is 0.305 e. The Balaban J connectivity index is 1.78. The molecule has 1 aromatic heterocycles. The number of aromatic nitrogens is 2. The van der Waals surface area contributed by atoms with Gasteiger partial charge in [0.25, 0.3) is 5.91 Å². The van der Waals surface area contributed by atoms with Gasteiger partial charge in [-0.25, -0.2) is 4.98 Å². The topological polar surface area (TPSA) is 93.5 Å². The van der Waals surface area contributed by atoms with Crippen LogP contribution in [0, 0.1) is 0 Å². The number of amides is 1. The average molecular weight is 293 g/mol. The van der Waals surface area contributed by atoms with Crippen molar-refractivity contribution in [2.75, 3.05) is 13.2 Å². The Kier molecular flexibility index (Phi) is 3.67. The Morgan fingerprint density at radius 2 is 2.33 bits per heavy atom. The molecule has 7 heteroatoms. The fraction of sp³-hybridized carbons (Fsp3) is 0.643. The van der Waals surface area contributed by atoms with Gasteiger partial charge in [-0.3, -0.25) is 9.59 Å². The Morgan fingerprint density at radius 1 is 1.48 bits per heavy atom. The molecule has 0 spiro atoms. The molecule has 1 amide bonds. The van der Waals surface area contributed by atoms with Crippen LogP contribution in [0.3, 0.4) is 0 Å². The normalized spacial score (nSPS) is 24.6. The number of carboxylic acid groups (broad SMARTS) is 1. The summed E-state index contributed by atoms with van der Waals surface area (Å²) in [6.45, 7) is 1.50. The molecule has 1 atom stereocenters. The third-order valence-corrected chi connectivity index (χ3v) is 4.17. The van der Waals surface area contributed by atoms with Crippen molar-refractivity contribution in [3.05, 3.63) is 17.7 Å². The molecule has 114 valence electrons. The molecule has 0 aliphatic carbocycles. The number of rotatable bonds is 4. The molecule has 2 N–H and O–H groups in total. The van der Waals surface area contributed by atoms with Gasteiger partial charge in [0.2, 0.25) is 0 Å². The van der Waals surface area contributed by atoms with Gasteiger partial charge in [0.05, 0.1) is 24.8 Å². The fourth-order valence-electron chi connectivity index (χ4n) is 3.08. The molecule has 2 aliphatic rings. The van der Waals surface area contributed by atoms with E-state index in [9.17, 15) is 9.59 Å². The molecule has 1 fully saturated rings. The van der Waals surface area contributed by atoms with Crippen LogP contribution < -0.4 is 5.32 Å². The van der Waals surface area contributed by atoms with Crippen molar-refractivity contribution in [2.45, 2.75) is 44.2 Å². The molecule has 21 heavy (non-hydrogen) atoms. The summed E-state index contributed by atoms with van der Waals surface area (Å²) in [6.07, 6.45) is 4.99. The second-order valence-electron chi connectivity index (χ2n) is 5.78. The number of nitrogens with one attached hydrogen (secondary N) is 1. The van der Waals surface area contributed by atoms with Gasteiger partial charge >= 0.3 is 5.97 Å². The first-order valence-electron chi connectivity index (χ1n) is 7.26. The molecule has 2 aliphatic heterocycles. The number of ether oxygens (including phenoxy) is 1. The molecule has 7 nitrogen and oxygen atoms in total. The monoisotopic (exact) mass is 293 g/mol. The molecule has 1 aromatic rings. The molecular formula is C14H19N3O4. The highest BCUT2D eigenvalue weighted by Crippen LogP contribution is 2.24. The number of carbonyl (C=O) groups excluding carboxylic acids is 1. The number of carboxylic acids is 1. The van der Waals surface area contributed by atoms with E-state index in [1.54, 1.807) is 6.20 Å². The number of aliphatic carboxylic acids is 1. The standard InChI is InChI=1S/C14H19N3O4/c18-12(19)7-14(4-6-21-9-14)16-13(20)10-8-15-11-3-1-2-5-17(10)11/h8H,1-7,9H2,(H,16,20)(H,18,19). The molecule has 1 unspecified atom stereocenters. The van der Waals surface area contributed by atoms with Gasteiger partial charge in [0.1, 0.15) is 11.5 Å². The minimum Gasteiger partial charge on any atom is -0.481 e. The van der Waals surface area contributed by atoms with Gasteiger partial charge in [-0.05, 0) is 19.3 Å². The maximum atomic E-state index is 12.5. The lowest BCUT2D eigenvalue weighted by Crippen LogP contribution is -2.51. The summed E-state index contributed by atoms with van der Waals surface area (Å²) >= 11 is 0. The van der Waals surface area contributed by atoms with Crippen molar-refractivity contribution in [1.29, 1.82) is 0 Å². The van der Waals surface area contributed by atoms with Crippen LogP contribution in [-0.2, 0) is 22.5 Å². The summed E-state index contributed by atoms with van der Waals surface area (Å²) < 4.78 is 7.23. The molecule has 0 aromatic carbocycles. The zero-order chi connectivity index (χ0) is 14.9. The minimum atomic E-state index is -0.934. The molecular weight excluding hydrogens is 274 g/mol. The van der Waals surface area contributed by atoms with Gasteiger partial charge in [-0.1, -0.05) is 0 Å². The number of imidazole rings is 1. The molecule has 3 rings (SSSR count). The first-order chi connectivity index (χ1) is 10.1. The van der Waals surface area contributed by atoms with Crippen molar-refractivity contribution < 1.29 is 19.4 Å². The summed E-state index contributed by atoms with van der Waals surface area (Å²) in [6, 6.07) is 0. The van der Waals surface area contributed by atoms with Crippen LogP contribution in [0.25, 0.3) is 0 Å². The highest BCUT2D eigenvalue weighted by molar-refractivity contribution is 5.93. The van der Waals surface area contributed by atoms with E-state index in [1.807, 2.05) is 4.57 Å². The van der Waals surface area contributed by atoms with E-state index in [1.165, 1.54) is 0 Å². The van der Waals surface area contributed by atoms with Gasteiger partial charge in [-0.2, -0.15) is 0 Å². The van der Waals surface area contributed by atoms with Crippen LogP contribution in [-0.4, -0.2) is 45.3 Å². The van der Waals surface area contributed by atoms with Crippen LogP contribution in [0.4, 0.5) is 0 Å². The Bertz CT molecular complexity index is 561. The second-order valence-corrected chi connectivity index (χ2v) is 5.78. The third kappa shape index (κ3) is 2.78. The van der Waals surface area contributed by atoms with E-state index in [-0.39, 0.29) is 18.9 Å². The van der Waals surface area contributed by atoms with E-state index in [2.05, 4.69) is 10.3 Å². The summed E-state index contributed by atoms with van der Waals surface area (Å²) in [5, 5.41) is 11.9. The largest absolute Gasteiger partial charge is 0.481 e. The van der Waals surface area contributed by atoms with E-state index in [0.29, 0.717) is 18.7 Å². The number of hydrogen-bond donors (Lipinski definition) is 2.